The molecular formula is C21H23ClN2O6S. The Labute approximate surface area is 188 Å². The summed E-state index contributed by atoms with van der Waals surface area (Å²) >= 11 is 7.49. The zero-order valence-electron chi connectivity index (χ0n) is 17.0. The molecule has 31 heavy (non-hydrogen) atoms. The van der Waals surface area contributed by atoms with Crippen LogP contribution in [0.3, 0.4) is 0 Å². The van der Waals surface area contributed by atoms with Crippen LogP contribution in [0.25, 0.3) is 10.1 Å². The Balaban J connectivity index is 1.41. The molecule has 0 aliphatic carbocycles. The summed E-state index contributed by atoms with van der Waals surface area (Å²) in [5.74, 6) is -1.98. The van der Waals surface area contributed by atoms with Gasteiger partial charge in [-0.2, -0.15) is 0 Å². The number of thiophene rings is 1. The fourth-order valence-electron chi connectivity index (χ4n) is 3.30. The number of halogens is 1. The van der Waals surface area contributed by atoms with E-state index in [0.29, 0.717) is 42.4 Å². The molecule has 166 valence electrons. The molecule has 1 aliphatic rings. The van der Waals surface area contributed by atoms with Crippen molar-refractivity contribution in [1.82, 2.24) is 10.2 Å². The molecule has 1 saturated heterocycles. The average Bonchev–Trinajstić information content (AvgIpc) is 3.13. The van der Waals surface area contributed by atoms with Gasteiger partial charge in [-0.05, 0) is 25.8 Å². The lowest BCUT2D eigenvalue weighted by Gasteiger charge is -2.30. The summed E-state index contributed by atoms with van der Waals surface area (Å²) < 4.78 is 10.9. The Morgan fingerprint density at radius 3 is 2.55 bits per heavy atom. The summed E-state index contributed by atoms with van der Waals surface area (Å²) in [6.07, 6.45) is 1.04. The van der Waals surface area contributed by atoms with Crippen LogP contribution in [-0.2, 0) is 23.9 Å². The molecule has 0 bridgehead atoms. The van der Waals surface area contributed by atoms with Crippen LogP contribution in [0.15, 0.2) is 24.3 Å². The van der Waals surface area contributed by atoms with Crippen LogP contribution in [0.5, 0.6) is 0 Å². The predicted octanol–water partition coefficient (Wildman–Crippen LogP) is 2.63. The number of fused-ring (bicyclic) bond motifs is 1. The fraction of sp³-hybridized carbons (Fsp3) is 0.429. The fourth-order valence-corrected chi connectivity index (χ4v) is 4.74. The number of ether oxygens (including phenoxy) is 2. The van der Waals surface area contributed by atoms with Gasteiger partial charge in [-0.3, -0.25) is 19.2 Å². The molecule has 2 amide bonds. The molecule has 1 fully saturated rings. The lowest BCUT2D eigenvalue weighted by atomic mass is 9.97. The van der Waals surface area contributed by atoms with Crippen molar-refractivity contribution in [3.8, 4) is 0 Å². The molecule has 2 aromatic rings. The number of nitrogens with one attached hydrogen (secondary N) is 1. The molecular weight excluding hydrogens is 444 g/mol. The highest BCUT2D eigenvalue weighted by atomic mass is 35.5. The zero-order valence-corrected chi connectivity index (χ0v) is 18.6. The molecule has 1 aromatic carbocycles. The molecule has 1 N–H and O–H groups in total. The molecule has 0 atom stereocenters. The van der Waals surface area contributed by atoms with Crippen molar-refractivity contribution in [1.29, 1.82) is 0 Å². The molecule has 8 nitrogen and oxygen atoms in total. The number of carbonyl (C=O) groups excluding carboxylic acids is 4. The van der Waals surface area contributed by atoms with Gasteiger partial charge in [-0.1, -0.05) is 29.8 Å². The van der Waals surface area contributed by atoms with E-state index in [4.69, 9.17) is 21.1 Å². The van der Waals surface area contributed by atoms with Crippen molar-refractivity contribution < 1.29 is 28.7 Å². The van der Waals surface area contributed by atoms with Crippen molar-refractivity contribution in [2.45, 2.75) is 19.8 Å². The maximum absolute atomic E-state index is 12.4. The summed E-state index contributed by atoms with van der Waals surface area (Å²) in [5, 5.41) is 3.59. The van der Waals surface area contributed by atoms with Crippen molar-refractivity contribution in [3.05, 3.63) is 34.2 Å². The standard InChI is InChI=1S/C21H23ClN2O6S/c1-2-29-21(28)13-7-9-24(10-8-13)16(25)12-30-17(26)11-23-20(27)19-18(22)14-5-3-4-6-15(14)31-19/h3-6,13H,2,7-12H2,1H3,(H,23,27). The van der Waals surface area contributed by atoms with Gasteiger partial charge in [0.25, 0.3) is 11.8 Å². The number of hydrogen-bond acceptors (Lipinski definition) is 7. The molecule has 0 spiro atoms. The van der Waals surface area contributed by atoms with Crippen molar-refractivity contribution in [3.63, 3.8) is 0 Å². The number of rotatable bonds is 7. The number of piperidine rings is 1. The van der Waals surface area contributed by atoms with E-state index in [1.54, 1.807) is 11.8 Å². The summed E-state index contributed by atoms with van der Waals surface area (Å²) in [7, 11) is 0. The molecule has 0 radical (unpaired) electrons. The Hall–Kier alpha value is -2.65. The molecule has 2 heterocycles. The molecule has 0 unspecified atom stereocenters. The monoisotopic (exact) mass is 466 g/mol. The normalized spacial score (nSPS) is 14.3. The minimum Gasteiger partial charge on any atom is -0.466 e. The number of benzene rings is 1. The summed E-state index contributed by atoms with van der Waals surface area (Å²) in [6, 6.07) is 7.36. The van der Waals surface area contributed by atoms with Crippen LogP contribution in [0.2, 0.25) is 5.02 Å². The van der Waals surface area contributed by atoms with Crippen molar-refractivity contribution in [2.75, 3.05) is 32.8 Å². The highest BCUT2D eigenvalue weighted by Gasteiger charge is 2.28. The van der Waals surface area contributed by atoms with Gasteiger partial charge in [0, 0.05) is 23.2 Å². The van der Waals surface area contributed by atoms with Gasteiger partial charge >= 0.3 is 11.9 Å². The molecule has 1 aliphatic heterocycles. The third-order valence-electron chi connectivity index (χ3n) is 4.96. The van der Waals surface area contributed by atoms with Crippen LogP contribution < -0.4 is 5.32 Å². The SMILES string of the molecule is CCOC(=O)C1CCN(C(=O)COC(=O)CNC(=O)c2sc3ccccc3c2Cl)CC1. The lowest BCUT2D eigenvalue weighted by Crippen LogP contribution is -2.43. The second kappa shape index (κ2) is 10.6. The summed E-state index contributed by atoms with van der Waals surface area (Å²) in [6.45, 7) is 2.11. The van der Waals surface area contributed by atoms with Crippen LogP contribution in [-0.4, -0.2) is 61.5 Å². The van der Waals surface area contributed by atoms with E-state index >= 15 is 0 Å². The Morgan fingerprint density at radius 2 is 1.87 bits per heavy atom. The largest absolute Gasteiger partial charge is 0.466 e. The third-order valence-corrected chi connectivity index (χ3v) is 6.63. The first-order valence-corrected chi connectivity index (χ1v) is 11.2. The number of amides is 2. The summed E-state index contributed by atoms with van der Waals surface area (Å²) in [5.41, 5.74) is 0. The second-order valence-corrected chi connectivity index (χ2v) is 8.42. The van der Waals surface area contributed by atoms with E-state index in [9.17, 15) is 19.2 Å². The molecule has 0 saturated carbocycles. The third kappa shape index (κ3) is 5.74. The van der Waals surface area contributed by atoms with Crippen LogP contribution in [0, 0.1) is 5.92 Å². The maximum Gasteiger partial charge on any atom is 0.325 e. The first kappa shape index (κ1) is 23.0. The maximum atomic E-state index is 12.4. The summed E-state index contributed by atoms with van der Waals surface area (Å²) in [4.78, 5) is 50.2. The quantitative estimate of drug-likeness (QED) is 0.629. The van der Waals surface area contributed by atoms with Crippen LogP contribution in [0.4, 0.5) is 0 Å². The second-order valence-electron chi connectivity index (χ2n) is 6.99. The first-order chi connectivity index (χ1) is 14.9. The Morgan fingerprint density at radius 1 is 1.16 bits per heavy atom. The number of nitrogens with zero attached hydrogens (tertiary/aromatic N) is 1. The first-order valence-electron chi connectivity index (χ1n) is 9.96. The van der Waals surface area contributed by atoms with Gasteiger partial charge in [0.1, 0.15) is 11.4 Å². The minimum atomic E-state index is -0.722. The van der Waals surface area contributed by atoms with Gasteiger partial charge < -0.3 is 19.7 Å². The van der Waals surface area contributed by atoms with Gasteiger partial charge in [-0.15, -0.1) is 11.3 Å². The smallest absolute Gasteiger partial charge is 0.325 e. The van der Waals surface area contributed by atoms with Crippen molar-refractivity contribution in [2.24, 2.45) is 5.92 Å². The Bertz CT molecular complexity index is 983. The van der Waals surface area contributed by atoms with E-state index in [1.165, 1.54) is 11.3 Å². The van der Waals surface area contributed by atoms with E-state index in [2.05, 4.69) is 5.32 Å². The molecule has 1 aromatic heterocycles. The van der Waals surface area contributed by atoms with E-state index in [1.807, 2.05) is 24.3 Å². The predicted molar refractivity (Wildman–Crippen MR) is 116 cm³/mol. The molecule has 10 heteroatoms. The van der Waals surface area contributed by atoms with Gasteiger partial charge in [0.15, 0.2) is 6.61 Å². The number of carbonyl (C=O) groups is 4. The Kier molecular flexibility index (Phi) is 7.86. The highest BCUT2D eigenvalue weighted by Crippen LogP contribution is 2.34. The van der Waals surface area contributed by atoms with Crippen molar-refractivity contribution >= 4 is 56.8 Å². The number of likely N-dealkylation sites (tertiary alicyclic amines) is 1. The van der Waals surface area contributed by atoms with E-state index < -0.39 is 18.5 Å². The lowest BCUT2D eigenvalue weighted by molar-refractivity contribution is -0.154. The van der Waals surface area contributed by atoms with E-state index in [0.717, 1.165) is 10.1 Å². The number of esters is 2. The average molecular weight is 467 g/mol. The van der Waals surface area contributed by atoms with Gasteiger partial charge in [0.05, 0.1) is 17.5 Å². The van der Waals surface area contributed by atoms with Crippen LogP contribution in [0.1, 0.15) is 29.4 Å². The van der Waals surface area contributed by atoms with E-state index in [-0.39, 0.29) is 24.3 Å². The number of hydrogen-bond donors (Lipinski definition) is 1. The highest BCUT2D eigenvalue weighted by molar-refractivity contribution is 7.21. The minimum absolute atomic E-state index is 0.206. The van der Waals surface area contributed by atoms with Gasteiger partial charge in [-0.25, -0.2) is 0 Å². The molecule has 3 rings (SSSR count). The van der Waals surface area contributed by atoms with Gasteiger partial charge in [0.2, 0.25) is 0 Å². The zero-order chi connectivity index (χ0) is 22.4. The van der Waals surface area contributed by atoms with Crippen LogP contribution >= 0.6 is 22.9 Å². The topological polar surface area (TPSA) is 102 Å².